The summed E-state index contributed by atoms with van der Waals surface area (Å²) >= 11 is 0. The van der Waals surface area contributed by atoms with E-state index in [0.717, 1.165) is 38.0 Å². The van der Waals surface area contributed by atoms with E-state index in [0.29, 0.717) is 18.8 Å². The minimum Gasteiger partial charge on any atom is -0.406 e. The molecule has 142 valence electrons. The van der Waals surface area contributed by atoms with Crippen LogP contribution in [0.2, 0.25) is 0 Å². The molecule has 1 aromatic carbocycles. The zero-order valence-corrected chi connectivity index (χ0v) is 15.0. The number of aryl methyl sites for hydroxylation is 1. The van der Waals surface area contributed by atoms with Gasteiger partial charge >= 0.3 is 6.36 Å². The maximum Gasteiger partial charge on any atom is 0.573 e. The lowest BCUT2D eigenvalue weighted by molar-refractivity contribution is -0.274. The summed E-state index contributed by atoms with van der Waals surface area (Å²) in [5, 5.41) is 3.15. The van der Waals surface area contributed by atoms with Gasteiger partial charge in [-0.2, -0.15) is 0 Å². The van der Waals surface area contributed by atoms with E-state index in [9.17, 15) is 18.0 Å². The highest BCUT2D eigenvalue weighted by molar-refractivity contribution is 5.85. The second-order valence-electron chi connectivity index (χ2n) is 6.10. The van der Waals surface area contributed by atoms with E-state index in [1.165, 1.54) is 12.1 Å². The van der Waals surface area contributed by atoms with Gasteiger partial charge in [0.1, 0.15) is 5.75 Å². The molecule has 1 fully saturated rings. The van der Waals surface area contributed by atoms with Gasteiger partial charge in [-0.05, 0) is 56.5 Å². The van der Waals surface area contributed by atoms with Gasteiger partial charge in [0.25, 0.3) is 0 Å². The highest BCUT2D eigenvalue weighted by Gasteiger charge is 2.31. The lowest BCUT2D eigenvalue weighted by atomic mass is 9.97. The second-order valence-corrected chi connectivity index (χ2v) is 6.10. The van der Waals surface area contributed by atoms with Crippen LogP contribution in [0.25, 0.3) is 0 Å². The number of likely N-dealkylation sites (tertiary alicyclic amines) is 1. The molecule has 1 heterocycles. The number of rotatable bonds is 6. The van der Waals surface area contributed by atoms with Crippen LogP contribution in [-0.4, -0.2) is 43.9 Å². The van der Waals surface area contributed by atoms with E-state index in [2.05, 4.69) is 10.1 Å². The number of ether oxygens (including phenoxy) is 1. The molecule has 8 heteroatoms. The van der Waals surface area contributed by atoms with E-state index >= 15 is 0 Å². The number of benzene rings is 1. The fourth-order valence-corrected chi connectivity index (χ4v) is 3.01. The number of hydrogen-bond donors (Lipinski definition) is 1. The van der Waals surface area contributed by atoms with Gasteiger partial charge in [-0.15, -0.1) is 25.6 Å². The first-order valence-corrected chi connectivity index (χ1v) is 8.14. The third kappa shape index (κ3) is 7.52. The summed E-state index contributed by atoms with van der Waals surface area (Å²) in [5.74, 6) is 0.349. The van der Waals surface area contributed by atoms with Crippen molar-refractivity contribution in [1.29, 1.82) is 0 Å². The topological polar surface area (TPSA) is 41.6 Å². The van der Waals surface area contributed by atoms with Gasteiger partial charge in [0.2, 0.25) is 5.91 Å². The molecule has 4 nitrogen and oxygen atoms in total. The molecule has 1 unspecified atom stereocenters. The Balaban J connectivity index is 0.00000312. The normalized spacial score (nSPS) is 17.8. The van der Waals surface area contributed by atoms with Crippen LogP contribution in [0, 0.1) is 5.92 Å². The average Bonchev–Trinajstić information content (AvgIpc) is 2.53. The van der Waals surface area contributed by atoms with Crippen molar-refractivity contribution in [3.05, 3.63) is 29.8 Å². The minimum absolute atomic E-state index is 0. The van der Waals surface area contributed by atoms with Gasteiger partial charge in [0.15, 0.2) is 0 Å². The van der Waals surface area contributed by atoms with E-state index in [-0.39, 0.29) is 24.1 Å². The molecule has 1 aliphatic heterocycles. The SMILES string of the molecule is CNCC1CCCN(C(=O)CCc2ccc(OC(F)(F)F)cc2)C1.Cl. The Hall–Kier alpha value is -1.47. The van der Waals surface area contributed by atoms with Crippen LogP contribution in [0.3, 0.4) is 0 Å². The molecule has 1 aliphatic rings. The molecule has 1 saturated heterocycles. The first kappa shape index (κ1) is 21.6. The molecule has 0 bridgehead atoms. The van der Waals surface area contributed by atoms with Crippen molar-refractivity contribution in [2.75, 3.05) is 26.7 Å². The molecule has 1 atom stereocenters. The predicted octanol–water partition coefficient (Wildman–Crippen LogP) is 3.40. The van der Waals surface area contributed by atoms with E-state index in [1.54, 1.807) is 12.1 Å². The molecule has 0 saturated carbocycles. The Morgan fingerprint density at radius 3 is 2.60 bits per heavy atom. The summed E-state index contributed by atoms with van der Waals surface area (Å²) in [4.78, 5) is 14.2. The molecule has 2 rings (SSSR count). The third-order valence-electron chi connectivity index (χ3n) is 4.15. The van der Waals surface area contributed by atoms with Crippen LogP contribution in [0.4, 0.5) is 13.2 Å². The van der Waals surface area contributed by atoms with Crippen molar-refractivity contribution < 1.29 is 22.7 Å². The van der Waals surface area contributed by atoms with Crippen molar-refractivity contribution in [3.63, 3.8) is 0 Å². The maximum absolute atomic E-state index is 12.3. The van der Waals surface area contributed by atoms with Crippen LogP contribution in [0.1, 0.15) is 24.8 Å². The summed E-state index contributed by atoms with van der Waals surface area (Å²) in [6.07, 6.45) is -1.66. The number of halogens is 4. The zero-order valence-electron chi connectivity index (χ0n) is 14.1. The lowest BCUT2D eigenvalue weighted by Gasteiger charge is -2.32. The molecular formula is C17H24ClF3N2O2. The maximum atomic E-state index is 12.3. The molecule has 0 spiro atoms. The summed E-state index contributed by atoms with van der Waals surface area (Å²) in [5.41, 5.74) is 0.821. The third-order valence-corrected chi connectivity index (χ3v) is 4.15. The number of nitrogens with one attached hydrogen (secondary N) is 1. The summed E-state index contributed by atoms with van der Waals surface area (Å²) < 4.78 is 40.2. The van der Waals surface area contributed by atoms with E-state index in [1.807, 2.05) is 11.9 Å². The van der Waals surface area contributed by atoms with Crippen molar-refractivity contribution in [3.8, 4) is 5.75 Å². The lowest BCUT2D eigenvalue weighted by Crippen LogP contribution is -2.42. The van der Waals surface area contributed by atoms with Gasteiger partial charge in [0.05, 0.1) is 0 Å². The van der Waals surface area contributed by atoms with Crippen LogP contribution < -0.4 is 10.1 Å². The fourth-order valence-electron chi connectivity index (χ4n) is 3.01. The number of amides is 1. The molecule has 1 aromatic rings. The molecular weight excluding hydrogens is 357 g/mol. The number of carbonyl (C=O) groups excluding carboxylic acids is 1. The summed E-state index contributed by atoms with van der Waals surface area (Å²) in [6.45, 7) is 2.47. The van der Waals surface area contributed by atoms with Gasteiger partial charge in [0, 0.05) is 19.5 Å². The van der Waals surface area contributed by atoms with Crippen LogP contribution >= 0.6 is 12.4 Å². The largest absolute Gasteiger partial charge is 0.573 e. The number of hydrogen-bond acceptors (Lipinski definition) is 3. The van der Waals surface area contributed by atoms with Gasteiger partial charge in [-0.1, -0.05) is 12.1 Å². The van der Waals surface area contributed by atoms with E-state index in [4.69, 9.17) is 0 Å². The molecule has 0 aliphatic carbocycles. The van der Waals surface area contributed by atoms with E-state index < -0.39 is 6.36 Å². The van der Waals surface area contributed by atoms with Gasteiger partial charge in [-0.25, -0.2) is 0 Å². The highest BCUT2D eigenvalue weighted by Crippen LogP contribution is 2.23. The molecule has 25 heavy (non-hydrogen) atoms. The van der Waals surface area contributed by atoms with Crippen molar-refractivity contribution in [2.24, 2.45) is 5.92 Å². The van der Waals surface area contributed by atoms with Gasteiger partial charge < -0.3 is 15.0 Å². The quantitative estimate of drug-likeness (QED) is 0.822. The standard InChI is InChI=1S/C17H23F3N2O2.ClH/c1-21-11-14-3-2-10-22(12-14)16(23)9-6-13-4-7-15(8-5-13)24-17(18,19)20;/h4-5,7-8,14,21H,2-3,6,9-12H2,1H3;1H. The Morgan fingerprint density at radius 2 is 2.00 bits per heavy atom. The number of alkyl halides is 3. The molecule has 0 aromatic heterocycles. The predicted molar refractivity (Wildman–Crippen MR) is 91.9 cm³/mol. The second kappa shape index (κ2) is 9.87. The Bertz CT molecular complexity index is 536. The average molecular weight is 381 g/mol. The fraction of sp³-hybridized carbons (Fsp3) is 0.588. The zero-order chi connectivity index (χ0) is 17.6. The summed E-state index contributed by atoms with van der Waals surface area (Å²) in [6, 6.07) is 5.68. The Kier molecular flexibility index (Phi) is 8.52. The van der Waals surface area contributed by atoms with Crippen LogP contribution in [0.5, 0.6) is 5.75 Å². The highest BCUT2D eigenvalue weighted by atomic mass is 35.5. The number of piperidine rings is 1. The minimum atomic E-state index is -4.68. The van der Waals surface area contributed by atoms with Crippen molar-refractivity contribution >= 4 is 18.3 Å². The molecule has 0 radical (unpaired) electrons. The molecule has 1 amide bonds. The first-order chi connectivity index (χ1) is 11.4. The Labute approximate surface area is 152 Å². The summed E-state index contributed by atoms with van der Waals surface area (Å²) in [7, 11) is 1.91. The monoisotopic (exact) mass is 380 g/mol. The Morgan fingerprint density at radius 1 is 1.32 bits per heavy atom. The van der Waals surface area contributed by atoms with Gasteiger partial charge in [-0.3, -0.25) is 4.79 Å². The van der Waals surface area contributed by atoms with Crippen molar-refractivity contribution in [2.45, 2.75) is 32.0 Å². The number of carbonyl (C=O) groups is 1. The smallest absolute Gasteiger partial charge is 0.406 e. The van der Waals surface area contributed by atoms with Crippen LogP contribution in [-0.2, 0) is 11.2 Å². The van der Waals surface area contributed by atoms with Crippen molar-refractivity contribution in [1.82, 2.24) is 10.2 Å². The molecule has 1 N–H and O–H groups in total. The number of nitrogens with zero attached hydrogens (tertiary/aromatic N) is 1. The first-order valence-electron chi connectivity index (χ1n) is 8.14. The van der Waals surface area contributed by atoms with Crippen LogP contribution in [0.15, 0.2) is 24.3 Å².